The number of nitrogens with two attached hydrogens (primary N) is 1. The van der Waals surface area contributed by atoms with Crippen molar-refractivity contribution in [2.75, 3.05) is 26.2 Å². The second kappa shape index (κ2) is 8.05. The van der Waals surface area contributed by atoms with Gasteiger partial charge in [0.2, 0.25) is 5.91 Å². The van der Waals surface area contributed by atoms with E-state index in [9.17, 15) is 18.4 Å². The number of amides is 3. The number of alkyl halides is 2. The van der Waals surface area contributed by atoms with E-state index in [-0.39, 0.29) is 19.0 Å². The standard InChI is InChI=1S/C16H22F2N4O2/c17-16(18,10-19)11-21-14(23)5-7-20-15(24)22-8-6-12-3-1-2-4-13(12)9-22/h1-4H,5-11,19H2,(H,20,24)(H,21,23). The van der Waals surface area contributed by atoms with Gasteiger partial charge in [0.25, 0.3) is 5.92 Å². The van der Waals surface area contributed by atoms with Crippen LogP contribution in [0.3, 0.4) is 0 Å². The molecule has 132 valence electrons. The summed E-state index contributed by atoms with van der Waals surface area (Å²) in [7, 11) is 0. The van der Waals surface area contributed by atoms with Gasteiger partial charge >= 0.3 is 6.03 Å². The Morgan fingerprint density at radius 2 is 1.92 bits per heavy atom. The lowest BCUT2D eigenvalue weighted by molar-refractivity contribution is -0.122. The zero-order valence-electron chi connectivity index (χ0n) is 13.4. The van der Waals surface area contributed by atoms with Crippen LogP contribution in [0, 0.1) is 0 Å². The number of nitrogens with one attached hydrogen (secondary N) is 2. The number of halogens is 2. The number of urea groups is 1. The van der Waals surface area contributed by atoms with Gasteiger partial charge in [0, 0.05) is 26.1 Å². The Balaban J connectivity index is 1.70. The van der Waals surface area contributed by atoms with Gasteiger partial charge in [-0.2, -0.15) is 0 Å². The Bertz CT molecular complexity index is 595. The number of fused-ring (bicyclic) bond motifs is 1. The molecule has 1 heterocycles. The second-order valence-electron chi connectivity index (χ2n) is 5.76. The lowest BCUT2D eigenvalue weighted by Crippen LogP contribution is -2.45. The van der Waals surface area contributed by atoms with Crippen LogP contribution in [-0.4, -0.2) is 48.9 Å². The summed E-state index contributed by atoms with van der Waals surface area (Å²) >= 11 is 0. The van der Waals surface area contributed by atoms with Crippen molar-refractivity contribution < 1.29 is 18.4 Å². The van der Waals surface area contributed by atoms with Crippen molar-refractivity contribution in [3.8, 4) is 0 Å². The van der Waals surface area contributed by atoms with Gasteiger partial charge in [-0.25, -0.2) is 13.6 Å². The van der Waals surface area contributed by atoms with Crippen molar-refractivity contribution in [2.45, 2.75) is 25.3 Å². The minimum absolute atomic E-state index is 0.0587. The third-order valence-corrected chi connectivity index (χ3v) is 3.89. The zero-order chi connectivity index (χ0) is 17.6. The monoisotopic (exact) mass is 340 g/mol. The highest BCUT2D eigenvalue weighted by molar-refractivity contribution is 5.78. The van der Waals surface area contributed by atoms with Crippen molar-refractivity contribution in [1.29, 1.82) is 0 Å². The Morgan fingerprint density at radius 1 is 1.21 bits per heavy atom. The SMILES string of the molecule is NCC(F)(F)CNC(=O)CCNC(=O)N1CCc2ccccc2C1. The van der Waals surface area contributed by atoms with Gasteiger partial charge in [0.15, 0.2) is 0 Å². The molecule has 0 spiro atoms. The molecular formula is C16H22F2N4O2. The van der Waals surface area contributed by atoms with Gasteiger partial charge in [0.05, 0.1) is 13.1 Å². The summed E-state index contributed by atoms with van der Waals surface area (Å²) < 4.78 is 25.8. The summed E-state index contributed by atoms with van der Waals surface area (Å²) in [6.45, 7) is -0.384. The number of carbonyl (C=O) groups excluding carboxylic acids is 2. The Hall–Kier alpha value is -2.22. The van der Waals surface area contributed by atoms with E-state index in [4.69, 9.17) is 5.73 Å². The molecule has 6 nitrogen and oxygen atoms in total. The molecule has 3 amide bonds. The van der Waals surface area contributed by atoms with Crippen LogP contribution in [0.25, 0.3) is 0 Å². The molecule has 1 aromatic rings. The highest BCUT2D eigenvalue weighted by Gasteiger charge is 2.27. The minimum atomic E-state index is -3.11. The first kappa shape index (κ1) is 18.1. The molecule has 0 saturated heterocycles. The van der Waals surface area contributed by atoms with Crippen molar-refractivity contribution in [3.63, 3.8) is 0 Å². The average Bonchev–Trinajstić information content (AvgIpc) is 2.59. The molecule has 0 atom stereocenters. The number of hydrogen-bond donors (Lipinski definition) is 3. The number of hydrogen-bond acceptors (Lipinski definition) is 3. The third kappa shape index (κ3) is 5.16. The van der Waals surface area contributed by atoms with Crippen LogP contribution in [0.4, 0.5) is 13.6 Å². The molecular weight excluding hydrogens is 318 g/mol. The van der Waals surface area contributed by atoms with Crippen LogP contribution in [0.2, 0.25) is 0 Å². The van der Waals surface area contributed by atoms with Gasteiger partial charge in [-0.15, -0.1) is 0 Å². The highest BCUT2D eigenvalue weighted by Crippen LogP contribution is 2.18. The number of nitrogens with zero attached hydrogens (tertiary/aromatic N) is 1. The first-order valence-electron chi connectivity index (χ1n) is 7.85. The first-order valence-corrected chi connectivity index (χ1v) is 7.85. The highest BCUT2D eigenvalue weighted by atomic mass is 19.3. The van der Waals surface area contributed by atoms with Crippen LogP contribution in [0.15, 0.2) is 24.3 Å². The maximum Gasteiger partial charge on any atom is 0.317 e. The lowest BCUT2D eigenvalue weighted by atomic mass is 10.0. The van der Waals surface area contributed by atoms with E-state index < -0.39 is 24.9 Å². The van der Waals surface area contributed by atoms with E-state index in [0.29, 0.717) is 13.1 Å². The van der Waals surface area contributed by atoms with Gasteiger partial charge in [-0.05, 0) is 17.5 Å². The predicted octanol–water partition coefficient (Wildman–Crippen LogP) is 0.855. The molecule has 1 aromatic carbocycles. The van der Waals surface area contributed by atoms with E-state index in [0.717, 1.165) is 12.0 Å². The van der Waals surface area contributed by atoms with Gasteiger partial charge in [-0.3, -0.25) is 4.79 Å². The first-order chi connectivity index (χ1) is 11.4. The fourth-order valence-corrected chi connectivity index (χ4v) is 2.45. The summed E-state index contributed by atoms with van der Waals surface area (Å²) in [5.41, 5.74) is 7.23. The van der Waals surface area contributed by atoms with Crippen LogP contribution in [0.5, 0.6) is 0 Å². The largest absolute Gasteiger partial charge is 0.350 e. The molecule has 4 N–H and O–H groups in total. The summed E-state index contributed by atoms with van der Waals surface area (Å²) in [5.74, 6) is -3.66. The number of rotatable bonds is 6. The van der Waals surface area contributed by atoms with Crippen LogP contribution in [0.1, 0.15) is 17.5 Å². The molecule has 0 aliphatic carbocycles. The van der Waals surface area contributed by atoms with Gasteiger partial charge in [-0.1, -0.05) is 24.3 Å². The maximum absolute atomic E-state index is 12.9. The molecule has 0 fully saturated rings. The molecule has 0 bridgehead atoms. The van der Waals surface area contributed by atoms with E-state index in [1.165, 1.54) is 5.56 Å². The van der Waals surface area contributed by atoms with Gasteiger partial charge in [0.1, 0.15) is 0 Å². The molecule has 24 heavy (non-hydrogen) atoms. The zero-order valence-corrected chi connectivity index (χ0v) is 13.4. The maximum atomic E-state index is 12.9. The molecule has 0 aromatic heterocycles. The Kier molecular flexibility index (Phi) is 6.08. The van der Waals surface area contributed by atoms with Crippen LogP contribution < -0.4 is 16.4 Å². The molecule has 2 rings (SSSR count). The van der Waals surface area contributed by atoms with Gasteiger partial charge < -0.3 is 21.3 Å². The molecule has 1 aliphatic rings. The van der Waals surface area contributed by atoms with E-state index in [2.05, 4.69) is 10.6 Å². The second-order valence-corrected chi connectivity index (χ2v) is 5.76. The van der Waals surface area contributed by atoms with E-state index >= 15 is 0 Å². The van der Waals surface area contributed by atoms with Crippen molar-refractivity contribution in [3.05, 3.63) is 35.4 Å². The Morgan fingerprint density at radius 3 is 2.62 bits per heavy atom. The fourth-order valence-electron chi connectivity index (χ4n) is 2.45. The van der Waals surface area contributed by atoms with Crippen molar-refractivity contribution >= 4 is 11.9 Å². The van der Waals surface area contributed by atoms with E-state index in [1.54, 1.807) is 4.90 Å². The average molecular weight is 340 g/mol. The lowest BCUT2D eigenvalue weighted by Gasteiger charge is -2.28. The summed E-state index contributed by atoms with van der Waals surface area (Å²) in [6, 6.07) is 7.68. The van der Waals surface area contributed by atoms with Crippen LogP contribution >= 0.6 is 0 Å². The normalized spacial score (nSPS) is 14.0. The summed E-state index contributed by atoms with van der Waals surface area (Å²) in [4.78, 5) is 25.2. The van der Waals surface area contributed by atoms with Crippen molar-refractivity contribution in [1.82, 2.24) is 15.5 Å². The van der Waals surface area contributed by atoms with Crippen molar-refractivity contribution in [2.24, 2.45) is 5.73 Å². The number of carbonyl (C=O) groups is 2. The molecule has 8 heteroatoms. The molecule has 0 unspecified atom stereocenters. The molecule has 1 aliphatic heterocycles. The Labute approximate surface area is 139 Å². The quantitative estimate of drug-likeness (QED) is 0.718. The topological polar surface area (TPSA) is 87.5 Å². The summed E-state index contributed by atoms with van der Waals surface area (Å²) in [6.07, 6.45) is 0.731. The fraction of sp³-hybridized carbons (Fsp3) is 0.500. The van der Waals surface area contributed by atoms with E-state index in [1.807, 2.05) is 24.3 Å². The predicted molar refractivity (Wildman–Crippen MR) is 85.6 cm³/mol. The third-order valence-electron chi connectivity index (χ3n) is 3.89. The number of benzene rings is 1. The minimum Gasteiger partial charge on any atom is -0.350 e. The summed E-state index contributed by atoms with van der Waals surface area (Å²) in [5, 5.41) is 4.75. The van der Waals surface area contributed by atoms with Crippen LogP contribution in [-0.2, 0) is 17.8 Å². The molecule has 0 saturated carbocycles. The smallest absolute Gasteiger partial charge is 0.317 e. The molecule has 0 radical (unpaired) electrons.